The van der Waals surface area contributed by atoms with Crippen LogP contribution < -0.4 is 29.3 Å². The molecule has 0 aromatic heterocycles. The maximum absolute atomic E-state index is 14.3. The monoisotopic (exact) mass is 686 g/mol. The number of aliphatic carboxylic acids is 1. The number of aryl methyl sites for hydroxylation is 1. The SMILES string of the molecule is CSCCC(NC(=O)c1ccc(CN(Cc2cc(F)cc(F)c2)C2CCC3(CC2)OCC(C)(C)CO3)cc1-c1ccccc1C)C(=O)[O-].[Li+]. The van der Waals surface area contributed by atoms with Gasteiger partial charge in [-0.2, -0.15) is 11.8 Å². The molecule has 2 fully saturated rings. The Kier molecular flexibility index (Phi) is 13.6. The Labute approximate surface area is 304 Å². The fourth-order valence-corrected chi connectivity index (χ4v) is 7.10. The minimum absolute atomic E-state index is 0. The van der Waals surface area contributed by atoms with Gasteiger partial charge in [-0.3, -0.25) is 9.69 Å². The predicted molar refractivity (Wildman–Crippen MR) is 182 cm³/mol. The second-order valence-corrected chi connectivity index (χ2v) is 14.9. The van der Waals surface area contributed by atoms with E-state index in [-0.39, 0.29) is 36.7 Å². The van der Waals surface area contributed by atoms with Crippen LogP contribution in [0.1, 0.15) is 73.0 Å². The van der Waals surface area contributed by atoms with Gasteiger partial charge in [0, 0.05) is 49.0 Å². The first kappa shape index (κ1) is 39.1. The smallest absolute Gasteiger partial charge is 0.548 e. The van der Waals surface area contributed by atoms with Crippen molar-refractivity contribution in [1.82, 2.24) is 10.2 Å². The molecular formula is C38H45F2LiN2O5S. The van der Waals surface area contributed by atoms with Crippen molar-refractivity contribution in [1.29, 1.82) is 0 Å². The van der Waals surface area contributed by atoms with Crippen LogP contribution in [0, 0.1) is 24.0 Å². The van der Waals surface area contributed by atoms with Crippen LogP contribution in [0.25, 0.3) is 11.1 Å². The summed E-state index contributed by atoms with van der Waals surface area (Å²) >= 11 is 1.50. The summed E-state index contributed by atoms with van der Waals surface area (Å²) < 4.78 is 41.1. The van der Waals surface area contributed by atoms with Crippen molar-refractivity contribution in [2.75, 3.05) is 25.2 Å². The summed E-state index contributed by atoms with van der Waals surface area (Å²) in [6.45, 7) is 8.26. The van der Waals surface area contributed by atoms with E-state index in [2.05, 4.69) is 24.1 Å². The van der Waals surface area contributed by atoms with E-state index in [1.54, 1.807) is 6.07 Å². The van der Waals surface area contributed by atoms with Crippen molar-refractivity contribution in [3.8, 4) is 11.1 Å². The summed E-state index contributed by atoms with van der Waals surface area (Å²) in [6, 6.07) is 15.9. The number of nitrogens with one attached hydrogen (secondary N) is 1. The van der Waals surface area contributed by atoms with Crippen LogP contribution in [0.5, 0.6) is 0 Å². The van der Waals surface area contributed by atoms with Crippen molar-refractivity contribution in [2.45, 2.75) is 83.8 Å². The number of benzene rings is 3. The molecule has 1 aliphatic heterocycles. The van der Waals surface area contributed by atoms with Gasteiger partial charge in [-0.25, -0.2) is 8.78 Å². The Morgan fingerprint density at radius 3 is 2.20 bits per heavy atom. The maximum atomic E-state index is 14.3. The van der Waals surface area contributed by atoms with Gasteiger partial charge >= 0.3 is 18.9 Å². The molecule has 1 saturated heterocycles. The average molecular weight is 687 g/mol. The van der Waals surface area contributed by atoms with Gasteiger partial charge in [-0.1, -0.05) is 44.2 Å². The van der Waals surface area contributed by atoms with Crippen LogP contribution >= 0.6 is 11.8 Å². The van der Waals surface area contributed by atoms with E-state index in [0.29, 0.717) is 61.6 Å². The summed E-state index contributed by atoms with van der Waals surface area (Å²) in [5, 5.41) is 14.5. The van der Waals surface area contributed by atoms with E-state index in [1.807, 2.05) is 49.6 Å². The zero-order valence-electron chi connectivity index (χ0n) is 29.2. The van der Waals surface area contributed by atoms with Crippen molar-refractivity contribution < 1.29 is 51.8 Å². The molecule has 1 N–H and O–H groups in total. The molecule has 0 bridgehead atoms. The van der Waals surface area contributed by atoms with Gasteiger partial charge in [0.1, 0.15) is 11.6 Å². The van der Waals surface area contributed by atoms with E-state index < -0.39 is 35.3 Å². The molecule has 0 radical (unpaired) electrons. The van der Waals surface area contributed by atoms with E-state index in [1.165, 1.54) is 23.9 Å². The van der Waals surface area contributed by atoms with Crippen LogP contribution in [0.15, 0.2) is 60.7 Å². The molecule has 1 amide bonds. The molecule has 1 heterocycles. The van der Waals surface area contributed by atoms with Crippen LogP contribution in [-0.4, -0.2) is 59.9 Å². The molecule has 1 saturated carbocycles. The Bertz CT molecular complexity index is 1580. The average Bonchev–Trinajstić information content (AvgIpc) is 3.04. The summed E-state index contributed by atoms with van der Waals surface area (Å²) in [5.74, 6) is -3.10. The predicted octanol–water partition coefficient (Wildman–Crippen LogP) is 3.26. The van der Waals surface area contributed by atoms with Gasteiger partial charge in [0.05, 0.1) is 25.2 Å². The van der Waals surface area contributed by atoms with Crippen LogP contribution in [-0.2, 0) is 27.4 Å². The third-order valence-corrected chi connectivity index (χ3v) is 9.99. The van der Waals surface area contributed by atoms with Gasteiger partial charge in [-0.15, -0.1) is 0 Å². The number of ether oxygens (including phenoxy) is 2. The number of halogens is 2. The van der Waals surface area contributed by atoms with E-state index in [9.17, 15) is 23.5 Å². The number of rotatable bonds is 12. The number of nitrogens with zero attached hydrogens (tertiary/aromatic N) is 1. The topological polar surface area (TPSA) is 90.9 Å². The molecule has 1 spiro atoms. The zero-order valence-corrected chi connectivity index (χ0v) is 30.0. The molecule has 49 heavy (non-hydrogen) atoms. The zero-order chi connectivity index (χ0) is 34.5. The Hall–Kier alpha value is -2.71. The van der Waals surface area contributed by atoms with Crippen molar-refractivity contribution in [3.05, 3.63) is 94.6 Å². The van der Waals surface area contributed by atoms with E-state index in [0.717, 1.165) is 35.6 Å². The summed E-state index contributed by atoms with van der Waals surface area (Å²) in [5.41, 5.74) is 4.26. The standard InChI is InChI=1S/C38H46F2N2O5S.Li/c1-25-7-5-6-8-31(25)33-19-26(9-10-32(33)35(43)41-34(36(44)45)13-16-48-4)21-42(22-27-17-28(39)20-29(40)18-27)30-11-14-38(15-12-30)46-23-37(2,3)24-47-38;/h5-10,17-20,30,34H,11-16,21-24H2,1-4H3,(H,41,43)(H,44,45);/q;+1/p-1. The van der Waals surface area contributed by atoms with Gasteiger partial charge in [0.15, 0.2) is 5.79 Å². The molecule has 1 atom stereocenters. The number of carbonyl (C=O) groups excluding carboxylic acids is 2. The first-order chi connectivity index (χ1) is 22.9. The first-order valence-electron chi connectivity index (χ1n) is 16.5. The second kappa shape index (κ2) is 17.0. The molecule has 11 heteroatoms. The maximum Gasteiger partial charge on any atom is 1.00 e. The molecular weight excluding hydrogens is 641 g/mol. The Balaban J connectivity index is 0.00000541. The largest absolute Gasteiger partial charge is 1.00 e. The third kappa shape index (κ3) is 10.2. The number of hydrogen-bond donors (Lipinski definition) is 1. The normalized spacial score (nSPS) is 17.8. The molecule has 1 aliphatic carbocycles. The minimum Gasteiger partial charge on any atom is -0.548 e. The van der Waals surface area contributed by atoms with E-state index >= 15 is 0 Å². The molecule has 5 rings (SSSR count). The number of carbonyl (C=O) groups is 2. The summed E-state index contributed by atoms with van der Waals surface area (Å²) in [4.78, 5) is 27.6. The molecule has 3 aromatic rings. The Morgan fingerprint density at radius 1 is 0.959 bits per heavy atom. The molecule has 7 nitrogen and oxygen atoms in total. The molecule has 1 unspecified atom stereocenters. The summed E-state index contributed by atoms with van der Waals surface area (Å²) in [7, 11) is 0. The number of amides is 1. The quantitative estimate of drug-likeness (QED) is 0.293. The van der Waals surface area contributed by atoms with Crippen molar-refractivity contribution >= 4 is 23.6 Å². The number of thioether (sulfide) groups is 1. The van der Waals surface area contributed by atoms with Crippen LogP contribution in [0.3, 0.4) is 0 Å². The fourth-order valence-electron chi connectivity index (χ4n) is 6.63. The van der Waals surface area contributed by atoms with Gasteiger partial charge < -0.3 is 24.7 Å². The van der Waals surface area contributed by atoms with Crippen LogP contribution in [0.2, 0.25) is 0 Å². The minimum atomic E-state index is -1.32. The van der Waals surface area contributed by atoms with Crippen LogP contribution in [0.4, 0.5) is 8.78 Å². The van der Waals surface area contributed by atoms with Gasteiger partial charge in [0.2, 0.25) is 0 Å². The second-order valence-electron chi connectivity index (χ2n) is 13.9. The van der Waals surface area contributed by atoms with Gasteiger partial charge in [-0.05, 0) is 90.3 Å². The van der Waals surface area contributed by atoms with E-state index in [4.69, 9.17) is 9.47 Å². The van der Waals surface area contributed by atoms with Gasteiger partial charge in [0.25, 0.3) is 5.91 Å². The number of carboxylic acid groups (broad SMARTS) is 1. The number of carboxylic acids is 1. The molecule has 3 aromatic carbocycles. The van der Waals surface area contributed by atoms with Crippen molar-refractivity contribution in [2.24, 2.45) is 5.41 Å². The number of hydrogen-bond acceptors (Lipinski definition) is 7. The fraction of sp³-hybridized carbons (Fsp3) is 0.474. The molecule has 258 valence electrons. The summed E-state index contributed by atoms with van der Waals surface area (Å²) in [6.07, 6.45) is 5.12. The third-order valence-electron chi connectivity index (χ3n) is 9.34. The molecule has 2 aliphatic rings. The first-order valence-corrected chi connectivity index (χ1v) is 17.9. The van der Waals surface area contributed by atoms with Crippen molar-refractivity contribution in [3.63, 3.8) is 0 Å². The Morgan fingerprint density at radius 2 is 1.59 bits per heavy atom.